The molecule has 0 aromatic heterocycles. The number of phenolic OH excluding ortho intramolecular Hbond substituents is 1. The van der Waals surface area contributed by atoms with Crippen molar-refractivity contribution >= 4 is 11.4 Å². The van der Waals surface area contributed by atoms with E-state index in [9.17, 15) is 14.3 Å². The standard InChI is InChI=1S/C27H21FO2/c28-25-11-5-4-10-24(25)21-9-6-17-27(19-21,22-12-14-23(29)15-13-22)18-16-26(30)20-7-2-1-3-8-20/h1-18,29H,19H2/b18-16+. The average molecular weight is 396 g/mol. The Kier molecular flexibility index (Phi) is 5.44. The number of hydrogen-bond donors (Lipinski definition) is 1. The van der Waals surface area contributed by atoms with Crippen LogP contribution < -0.4 is 0 Å². The summed E-state index contributed by atoms with van der Waals surface area (Å²) in [5.41, 5.74) is 2.29. The Morgan fingerprint density at radius 1 is 0.933 bits per heavy atom. The first-order valence-electron chi connectivity index (χ1n) is 9.79. The maximum atomic E-state index is 14.4. The number of rotatable bonds is 5. The van der Waals surface area contributed by atoms with Crippen molar-refractivity contribution in [3.8, 4) is 5.75 Å². The molecule has 0 aliphatic heterocycles. The summed E-state index contributed by atoms with van der Waals surface area (Å²) in [7, 11) is 0. The van der Waals surface area contributed by atoms with Crippen molar-refractivity contribution in [1.29, 1.82) is 0 Å². The maximum absolute atomic E-state index is 14.4. The summed E-state index contributed by atoms with van der Waals surface area (Å²) < 4.78 is 14.4. The minimum Gasteiger partial charge on any atom is -0.508 e. The zero-order chi connectivity index (χ0) is 21.0. The third kappa shape index (κ3) is 4.01. The third-order valence-electron chi connectivity index (χ3n) is 5.39. The maximum Gasteiger partial charge on any atom is 0.185 e. The number of halogens is 1. The highest BCUT2D eigenvalue weighted by molar-refractivity contribution is 6.04. The van der Waals surface area contributed by atoms with Crippen LogP contribution >= 0.6 is 0 Å². The van der Waals surface area contributed by atoms with Crippen LogP contribution in [0, 0.1) is 5.82 Å². The summed E-state index contributed by atoms with van der Waals surface area (Å²) in [5.74, 6) is -0.199. The fourth-order valence-electron chi connectivity index (χ4n) is 3.78. The summed E-state index contributed by atoms with van der Waals surface area (Å²) in [5, 5.41) is 9.72. The molecule has 0 fully saturated rings. The van der Waals surface area contributed by atoms with E-state index < -0.39 is 5.41 Å². The topological polar surface area (TPSA) is 37.3 Å². The molecule has 3 heteroatoms. The highest BCUT2D eigenvalue weighted by atomic mass is 19.1. The van der Waals surface area contributed by atoms with E-state index in [0.29, 0.717) is 17.5 Å². The molecule has 1 N–H and O–H groups in total. The number of carbonyl (C=O) groups is 1. The number of ketones is 1. The van der Waals surface area contributed by atoms with Crippen molar-refractivity contribution in [1.82, 2.24) is 0 Å². The third-order valence-corrected chi connectivity index (χ3v) is 5.39. The Morgan fingerprint density at radius 2 is 1.63 bits per heavy atom. The van der Waals surface area contributed by atoms with E-state index in [4.69, 9.17) is 0 Å². The Labute approximate surface area is 175 Å². The Morgan fingerprint density at radius 3 is 2.37 bits per heavy atom. The highest BCUT2D eigenvalue weighted by Gasteiger charge is 2.31. The van der Waals surface area contributed by atoms with Gasteiger partial charge in [-0.2, -0.15) is 0 Å². The van der Waals surface area contributed by atoms with Gasteiger partial charge in [0.05, 0.1) is 0 Å². The molecule has 0 heterocycles. The van der Waals surface area contributed by atoms with Crippen LogP contribution in [0.2, 0.25) is 0 Å². The van der Waals surface area contributed by atoms with Gasteiger partial charge in [-0.05, 0) is 41.8 Å². The fraction of sp³-hybridized carbons (Fsp3) is 0.0741. The first kappa shape index (κ1) is 19.6. The molecule has 1 aliphatic rings. The van der Waals surface area contributed by atoms with Crippen molar-refractivity contribution in [3.05, 3.63) is 132 Å². The SMILES string of the molecule is O=C(/C=C/C1(c2ccc(O)cc2)C=CC=C(c2ccccc2F)C1)c1ccccc1. The van der Waals surface area contributed by atoms with Gasteiger partial charge >= 0.3 is 0 Å². The number of phenols is 1. The zero-order valence-corrected chi connectivity index (χ0v) is 16.3. The second-order valence-corrected chi connectivity index (χ2v) is 7.36. The molecule has 1 unspecified atom stereocenters. The van der Waals surface area contributed by atoms with E-state index >= 15 is 0 Å². The summed E-state index contributed by atoms with van der Waals surface area (Å²) in [4.78, 5) is 12.7. The fourth-order valence-corrected chi connectivity index (χ4v) is 3.78. The highest BCUT2D eigenvalue weighted by Crippen LogP contribution is 2.41. The van der Waals surface area contributed by atoms with Crippen LogP contribution in [0.15, 0.2) is 109 Å². The zero-order valence-electron chi connectivity index (χ0n) is 16.3. The number of carbonyl (C=O) groups excluding carboxylic acids is 1. The molecule has 0 radical (unpaired) electrons. The summed E-state index contributed by atoms with van der Waals surface area (Å²) >= 11 is 0. The van der Waals surface area contributed by atoms with Crippen LogP contribution in [-0.4, -0.2) is 10.9 Å². The van der Waals surface area contributed by atoms with Crippen LogP contribution in [0.5, 0.6) is 5.75 Å². The van der Waals surface area contributed by atoms with Gasteiger partial charge in [-0.1, -0.05) is 85.0 Å². The predicted molar refractivity (Wildman–Crippen MR) is 118 cm³/mol. The largest absolute Gasteiger partial charge is 0.508 e. The van der Waals surface area contributed by atoms with Crippen LogP contribution in [-0.2, 0) is 5.41 Å². The molecular formula is C27H21FO2. The molecule has 0 bridgehead atoms. The van der Waals surface area contributed by atoms with E-state index in [1.54, 1.807) is 42.5 Å². The minimum atomic E-state index is -0.634. The van der Waals surface area contributed by atoms with Gasteiger partial charge in [0, 0.05) is 16.5 Å². The normalized spacial score (nSPS) is 18.4. The number of allylic oxidation sites excluding steroid dienone is 6. The molecule has 3 aromatic rings. The molecule has 0 saturated carbocycles. The minimum absolute atomic E-state index is 0.0934. The van der Waals surface area contributed by atoms with Gasteiger partial charge in [0.15, 0.2) is 5.78 Å². The number of benzene rings is 3. The van der Waals surface area contributed by atoms with Gasteiger partial charge in [0.2, 0.25) is 0 Å². The first-order chi connectivity index (χ1) is 14.6. The van der Waals surface area contributed by atoms with Gasteiger partial charge in [0.25, 0.3) is 0 Å². The average Bonchev–Trinajstić information content (AvgIpc) is 2.79. The van der Waals surface area contributed by atoms with Crippen molar-refractivity contribution in [3.63, 3.8) is 0 Å². The van der Waals surface area contributed by atoms with Gasteiger partial charge in [-0.15, -0.1) is 0 Å². The van der Waals surface area contributed by atoms with Gasteiger partial charge in [-0.3, -0.25) is 4.79 Å². The second-order valence-electron chi connectivity index (χ2n) is 7.36. The molecule has 4 rings (SSSR count). The Balaban J connectivity index is 1.74. The van der Waals surface area contributed by atoms with Crippen molar-refractivity contribution in [2.75, 3.05) is 0 Å². The molecule has 1 atom stereocenters. The number of hydrogen-bond acceptors (Lipinski definition) is 2. The lowest BCUT2D eigenvalue weighted by Gasteiger charge is -2.32. The second kappa shape index (κ2) is 8.34. The van der Waals surface area contributed by atoms with Crippen molar-refractivity contribution in [2.24, 2.45) is 0 Å². The predicted octanol–water partition coefficient (Wildman–Crippen LogP) is 6.25. The molecule has 1 aliphatic carbocycles. The molecular weight excluding hydrogens is 375 g/mol. The van der Waals surface area contributed by atoms with Gasteiger partial charge in [-0.25, -0.2) is 4.39 Å². The summed E-state index contributed by atoms with van der Waals surface area (Å²) in [6, 6.07) is 22.7. The monoisotopic (exact) mass is 396 g/mol. The number of aromatic hydroxyl groups is 1. The van der Waals surface area contributed by atoms with Crippen LogP contribution in [0.1, 0.15) is 27.9 Å². The smallest absolute Gasteiger partial charge is 0.185 e. The molecule has 30 heavy (non-hydrogen) atoms. The Bertz CT molecular complexity index is 1140. The molecule has 2 nitrogen and oxygen atoms in total. The van der Waals surface area contributed by atoms with Crippen molar-refractivity contribution in [2.45, 2.75) is 11.8 Å². The van der Waals surface area contributed by atoms with Crippen LogP contribution in [0.25, 0.3) is 5.57 Å². The molecule has 148 valence electrons. The lowest BCUT2D eigenvalue weighted by molar-refractivity contribution is 0.104. The summed E-state index contributed by atoms with van der Waals surface area (Å²) in [6.45, 7) is 0. The van der Waals surface area contributed by atoms with Crippen LogP contribution in [0.4, 0.5) is 4.39 Å². The van der Waals surface area contributed by atoms with E-state index in [-0.39, 0.29) is 17.3 Å². The van der Waals surface area contributed by atoms with Gasteiger partial charge in [0.1, 0.15) is 11.6 Å². The van der Waals surface area contributed by atoms with E-state index in [1.165, 1.54) is 6.07 Å². The first-order valence-corrected chi connectivity index (χ1v) is 9.79. The van der Waals surface area contributed by atoms with E-state index in [2.05, 4.69) is 0 Å². The van der Waals surface area contributed by atoms with Crippen LogP contribution in [0.3, 0.4) is 0 Å². The lowest BCUT2D eigenvalue weighted by atomic mass is 9.71. The molecule has 0 amide bonds. The molecule has 0 saturated heterocycles. The van der Waals surface area contributed by atoms with E-state index in [1.807, 2.05) is 60.7 Å². The van der Waals surface area contributed by atoms with E-state index in [0.717, 1.165) is 11.1 Å². The molecule has 3 aromatic carbocycles. The summed E-state index contributed by atoms with van der Waals surface area (Å²) in [6.07, 6.45) is 9.77. The molecule has 0 spiro atoms. The van der Waals surface area contributed by atoms with Gasteiger partial charge < -0.3 is 5.11 Å². The van der Waals surface area contributed by atoms with Crippen molar-refractivity contribution < 1.29 is 14.3 Å². The Hall–Kier alpha value is -3.72. The lowest BCUT2D eigenvalue weighted by Crippen LogP contribution is -2.23. The quantitative estimate of drug-likeness (QED) is 0.409.